The van der Waals surface area contributed by atoms with E-state index < -0.39 is 6.10 Å². The fourth-order valence-corrected chi connectivity index (χ4v) is 2.04. The zero-order valence-electron chi connectivity index (χ0n) is 12.6. The summed E-state index contributed by atoms with van der Waals surface area (Å²) in [6.07, 6.45) is 0.0995. The van der Waals surface area contributed by atoms with Crippen LogP contribution in [0.5, 0.6) is 5.75 Å². The molecule has 0 radical (unpaired) electrons. The first-order valence-electron chi connectivity index (χ1n) is 7.12. The van der Waals surface area contributed by atoms with E-state index in [0.29, 0.717) is 12.5 Å². The Labute approximate surface area is 124 Å². The maximum absolute atomic E-state index is 11.9. The van der Waals surface area contributed by atoms with Gasteiger partial charge in [0.05, 0.1) is 13.0 Å². The Morgan fingerprint density at radius 1 is 1.33 bits per heavy atom. The second-order valence-electron chi connectivity index (χ2n) is 5.46. The molecule has 1 amide bonds. The fourth-order valence-electron chi connectivity index (χ4n) is 2.04. The molecule has 0 heterocycles. The molecule has 0 aromatic heterocycles. The number of nitrogens with one attached hydrogen (secondary N) is 1. The van der Waals surface area contributed by atoms with Crippen molar-refractivity contribution < 1.29 is 19.1 Å². The minimum Gasteiger partial charge on any atom is -0.497 e. The standard InChI is InChI=1S/C16H21NO4/c1-10-8-14(10)16(19)21-11(2)15(18)17-9-12-4-6-13(20-3)7-5-12/h4-7,10-11,14H,8-9H2,1-3H3,(H,17,18)/t10-,11-,14+/m0/s1. The summed E-state index contributed by atoms with van der Waals surface area (Å²) in [7, 11) is 1.60. The third-order valence-electron chi connectivity index (χ3n) is 3.70. The first-order valence-corrected chi connectivity index (χ1v) is 7.12. The van der Waals surface area contributed by atoms with Gasteiger partial charge in [-0.25, -0.2) is 0 Å². The molecule has 1 aliphatic rings. The Morgan fingerprint density at radius 2 is 1.95 bits per heavy atom. The van der Waals surface area contributed by atoms with Gasteiger partial charge in [-0.05, 0) is 37.0 Å². The second kappa shape index (κ2) is 6.61. The van der Waals surface area contributed by atoms with Crippen LogP contribution in [0.3, 0.4) is 0 Å². The third kappa shape index (κ3) is 4.21. The molecule has 21 heavy (non-hydrogen) atoms. The highest BCUT2D eigenvalue weighted by molar-refractivity contribution is 5.84. The van der Waals surface area contributed by atoms with Crippen molar-refractivity contribution in [2.75, 3.05) is 7.11 Å². The van der Waals surface area contributed by atoms with Crippen molar-refractivity contribution in [1.82, 2.24) is 5.32 Å². The Morgan fingerprint density at radius 3 is 2.48 bits per heavy atom. The van der Waals surface area contributed by atoms with E-state index in [0.717, 1.165) is 17.7 Å². The van der Waals surface area contributed by atoms with E-state index in [9.17, 15) is 9.59 Å². The summed E-state index contributed by atoms with van der Waals surface area (Å²) >= 11 is 0. The fraction of sp³-hybridized carbons (Fsp3) is 0.500. The van der Waals surface area contributed by atoms with E-state index in [4.69, 9.17) is 9.47 Å². The van der Waals surface area contributed by atoms with Gasteiger partial charge in [-0.2, -0.15) is 0 Å². The molecule has 5 nitrogen and oxygen atoms in total. The van der Waals surface area contributed by atoms with E-state index in [1.807, 2.05) is 31.2 Å². The van der Waals surface area contributed by atoms with Crippen LogP contribution in [0.15, 0.2) is 24.3 Å². The van der Waals surface area contributed by atoms with Crippen LogP contribution >= 0.6 is 0 Å². The van der Waals surface area contributed by atoms with Gasteiger partial charge in [-0.15, -0.1) is 0 Å². The summed E-state index contributed by atoms with van der Waals surface area (Å²) in [6.45, 7) is 3.99. The number of methoxy groups -OCH3 is 1. The van der Waals surface area contributed by atoms with Crippen LogP contribution in [0.25, 0.3) is 0 Å². The highest BCUT2D eigenvalue weighted by atomic mass is 16.5. The molecule has 1 saturated carbocycles. The van der Waals surface area contributed by atoms with Gasteiger partial charge in [-0.1, -0.05) is 19.1 Å². The molecule has 1 aromatic carbocycles. The summed E-state index contributed by atoms with van der Waals surface area (Å²) in [5.41, 5.74) is 0.957. The Bertz CT molecular complexity index is 512. The number of carbonyl (C=O) groups is 2. The SMILES string of the molecule is COc1ccc(CNC(=O)[C@H](C)OC(=O)[C@@H]2C[C@@H]2C)cc1. The van der Waals surface area contributed by atoms with E-state index in [2.05, 4.69) is 5.32 Å². The molecule has 2 rings (SSSR count). The molecule has 1 N–H and O–H groups in total. The smallest absolute Gasteiger partial charge is 0.309 e. The summed E-state index contributed by atoms with van der Waals surface area (Å²) in [5, 5.41) is 2.76. The van der Waals surface area contributed by atoms with E-state index in [-0.39, 0.29) is 17.8 Å². The average Bonchev–Trinajstić information content (AvgIpc) is 3.22. The van der Waals surface area contributed by atoms with Gasteiger partial charge >= 0.3 is 5.97 Å². The lowest BCUT2D eigenvalue weighted by atomic mass is 10.2. The molecule has 0 aliphatic heterocycles. The zero-order chi connectivity index (χ0) is 15.4. The van der Waals surface area contributed by atoms with Crippen molar-refractivity contribution in [1.29, 1.82) is 0 Å². The van der Waals surface area contributed by atoms with Crippen LogP contribution in [-0.4, -0.2) is 25.1 Å². The lowest BCUT2D eigenvalue weighted by Gasteiger charge is -2.13. The molecule has 3 atom stereocenters. The number of benzene rings is 1. The van der Waals surface area contributed by atoms with Gasteiger partial charge in [0.15, 0.2) is 6.10 Å². The van der Waals surface area contributed by atoms with Crippen molar-refractivity contribution in [2.24, 2.45) is 11.8 Å². The Kier molecular flexibility index (Phi) is 4.83. The van der Waals surface area contributed by atoms with Crippen LogP contribution in [0, 0.1) is 11.8 Å². The highest BCUT2D eigenvalue weighted by Crippen LogP contribution is 2.38. The lowest BCUT2D eigenvalue weighted by Crippen LogP contribution is -2.35. The number of carbonyl (C=O) groups excluding carboxylic acids is 2. The maximum atomic E-state index is 11.9. The summed E-state index contributed by atoms with van der Waals surface area (Å²) in [6, 6.07) is 7.42. The van der Waals surface area contributed by atoms with Crippen LogP contribution in [0.1, 0.15) is 25.8 Å². The number of ether oxygens (including phenoxy) is 2. The second-order valence-corrected chi connectivity index (χ2v) is 5.46. The van der Waals surface area contributed by atoms with E-state index in [1.54, 1.807) is 14.0 Å². The summed E-state index contributed by atoms with van der Waals surface area (Å²) in [5.74, 6) is 0.571. The maximum Gasteiger partial charge on any atom is 0.309 e. The molecule has 1 aliphatic carbocycles. The van der Waals surface area contributed by atoms with Crippen molar-refractivity contribution >= 4 is 11.9 Å². The van der Waals surface area contributed by atoms with Gasteiger partial charge in [0.2, 0.25) is 0 Å². The van der Waals surface area contributed by atoms with Gasteiger partial charge in [-0.3, -0.25) is 9.59 Å². The predicted molar refractivity (Wildman–Crippen MR) is 77.7 cm³/mol. The van der Waals surface area contributed by atoms with Crippen molar-refractivity contribution in [2.45, 2.75) is 32.9 Å². The average molecular weight is 291 g/mol. The van der Waals surface area contributed by atoms with E-state index in [1.165, 1.54) is 0 Å². The minimum atomic E-state index is -0.761. The van der Waals surface area contributed by atoms with E-state index >= 15 is 0 Å². The number of hydrogen-bond donors (Lipinski definition) is 1. The van der Waals surface area contributed by atoms with Crippen molar-refractivity contribution in [3.05, 3.63) is 29.8 Å². The molecule has 1 aromatic rings. The monoisotopic (exact) mass is 291 g/mol. The topological polar surface area (TPSA) is 64.6 Å². The first kappa shape index (κ1) is 15.4. The number of rotatable bonds is 6. The molecule has 0 saturated heterocycles. The van der Waals surface area contributed by atoms with Gasteiger partial charge in [0.1, 0.15) is 5.75 Å². The van der Waals surface area contributed by atoms with Crippen LogP contribution in [0.4, 0.5) is 0 Å². The summed E-state index contributed by atoms with van der Waals surface area (Å²) in [4.78, 5) is 23.5. The zero-order valence-corrected chi connectivity index (χ0v) is 12.6. The molecular formula is C16H21NO4. The van der Waals surface area contributed by atoms with Gasteiger partial charge in [0.25, 0.3) is 5.91 Å². The minimum absolute atomic E-state index is 0.0261. The van der Waals surface area contributed by atoms with Crippen molar-refractivity contribution in [3.8, 4) is 5.75 Å². The molecule has 0 bridgehead atoms. The highest BCUT2D eigenvalue weighted by Gasteiger charge is 2.41. The lowest BCUT2D eigenvalue weighted by molar-refractivity contribution is -0.156. The van der Waals surface area contributed by atoms with Gasteiger partial charge < -0.3 is 14.8 Å². The number of amides is 1. The molecule has 5 heteroatoms. The first-order chi connectivity index (χ1) is 10.0. The van der Waals surface area contributed by atoms with Crippen LogP contribution < -0.4 is 10.1 Å². The van der Waals surface area contributed by atoms with Crippen LogP contribution in [-0.2, 0) is 20.9 Å². The predicted octanol–water partition coefficient (Wildman–Crippen LogP) is 1.90. The molecular weight excluding hydrogens is 270 g/mol. The molecule has 0 unspecified atom stereocenters. The molecule has 114 valence electrons. The van der Waals surface area contributed by atoms with Crippen molar-refractivity contribution in [3.63, 3.8) is 0 Å². The quantitative estimate of drug-likeness (QED) is 0.813. The number of hydrogen-bond acceptors (Lipinski definition) is 4. The molecule has 1 fully saturated rings. The Hall–Kier alpha value is -2.04. The van der Waals surface area contributed by atoms with Crippen LogP contribution in [0.2, 0.25) is 0 Å². The largest absolute Gasteiger partial charge is 0.497 e. The van der Waals surface area contributed by atoms with Gasteiger partial charge in [0, 0.05) is 6.54 Å². The Balaban J connectivity index is 1.76. The third-order valence-corrected chi connectivity index (χ3v) is 3.70. The summed E-state index contributed by atoms with van der Waals surface area (Å²) < 4.78 is 10.2. The normalized spacial score (nSPS) is 21.3. The number of esters is 1. The molecule has 0 spiro atoms.